The van der Waals surface area contributed by atoms with Crippen LogP contribution in [-0.2, 0) is 20.1 Å². The van der Waals surface area contributed by atoms with Crippen molar-refractivity contribution in [1.82, 2.24) is 10.2 Å². The van der Waals surface area contributed by atoms with E-state index >= 15 is 0 Å². The van der Waals surface area contributed by atoms with E-state index < -0.39 is 8.56 Å². The van der Waals surface area contributed by atoms with E-state index in [0.29, 0.717) is 6.04 Å². The summed E-state index contributed by atoms with van der Waals surface area (Å²) in [5, 5.41) is 3.42. The maximum absolute atomic E-state index is 6.09. The van der Waals surface area contributed by atoms with Gasteiger partial charge in [0.15, 0.2) is 0 Å². The van der Waals surface area contributed by atoms with Crippen LogP contribution in [0.5, 0.6) is 0 Å². The van der Waals surface area contributed by atoms with Gasteiger partial charge in [-0.25, -0.2) is 0 Å². The van der Waals surface area contributed by atoms with E-state index in [1.807, 2.05) is 7.11 Å². The summed E-state index contributed by atoms with van der Waals surface area (Å²) >= 11 is 0. The number of benzene rings is 1. The molecule has 166 valence electrons. The largest absolute Gasteiger partial charge is 0.396 e. The molecule has 1 aromatic rings. The molecule has 29 heavy (non-hydrogen) atoms. The van der Waals surface area contributed by atoms with Crippen LogP contribution in [0, 0.1) is 0 Å². The first-order valence-corrected chi connectivity index (χ1v) is 13.2. The monoisotopic (exact) mass is 422 g/mol. The predicted octanol–water partition coefficient (Wildman–Crippen LogP) is 4.11. The Bertz CT molecular complexity index is 569. The quantitative estimate of drug-likeness (QED) is 0.383. The summed E-state index contributed by atoms with van der Waals surface area (Å²) in [5.74, 6) is 0. The van der Waals surface area contributed by atoms with Gasteiger partial charge in [0, 0.05) is 47.0 Å². The van der Waals surface area contributed by atoms with Crippen LogP contribution in [0.4, 0.5) is 0 Å². The van der Waals surface area contributed by atoms with Crippen molar-refractivity contribution in [3.05, 3.63) is 35.9 Å². The van der Waals surface area contributed by atoms with Crippen molar-refractivity contribution in [2.24, 2.45) is 0 Å². The number of methoxy groups -OCH3 is 1. The summed E-state index contributed by atoms with van der Waals surface area (Å²) < 4.78 is 18.1. The van der Waals surface area contributed by atoms with Crippen LogP contribution in [-0.4, -0.2) is 65.7 Å². The van der Waals surface area contributed by atoms with E-state index in [1.165, 1.54) is 18.4 Å². The highest BCUT2D eigenvalue weighted by atomic mass is 28.4. The summed E-state index contributed by atoms with van der Waals surface area (Å²) in [6, 6.07) is 12.3. The molecule has 0 aromatic heterocycles. The van der Waals surface area contributed by atoms with Crippen LogP contribution < -0.4 is 5.32 Å². The summed E-state index contributed by atoms with van der Waals surface area (Å²) in [6.07, 6.45) is 5.52. The molecule has 1 aliphatic heterocycles. The molecule has 5 nitrogen and oxygen atoms in total. The summed E-state index contributed by atoms with van der Waals surface area (Å²) in [4.78, 5) is 2.52. The second-order valence-corrected chi connectivity index (χ2v) is 12.2. The van der Waals surface area contributed by atoms with Crippen molar-refractivity contribution < 1.29 is 13.6 Å². The number of ether oxygens (including phenoxy) is 1. The highest BCUT2D eigenvalue weighted by Gasteiger charge is 2.58. The van der Waals surface area contributed by atoms with Crippen molar-refractivity contribution in [3.8, 4) is 0 Å². The average molecular weight is 423 g/mol. The fourth-order valence-electron chi connectivity index (χ4n) is 4.71. The predicted molar refractivity (Wildman–Crippen MR) is 122 cm³/mol. The van der Waals surface area contributed by atoms with Gasteiger partial charge in [0.1, 0.15) is 5.22 Å². The standard InChI is InChI=1S/C23H42N2O3Si/c1-21(2)25(20-22-12-7-6-8-13-22)18-17-24-16-11-15-23(26-3)14-9-10-19-29(23,27-4)28-5/h6-8,12-13,21,24H,9-11,14-20H2,1-5H3. The third-order valence-electron chi connectivity index (χ3n) is 6.55. The Labute approximate surface area is 179 Å². The second-order valence-electron chi connectivity index (χ2n) is 8.47. The maximum atomic E-state index is 6.09. The van der Waals surface area contributed by atoms with Crippen LogP contribution in [0.1, 0.15) is 51.5 Å². The molecule has 0 bridgehead atoms. The zero-order chi connectivity index (χ0) is 21.2. The van der Waals surface area contributed by atoms with Gasteiger partial charge >= 0.3 is 8.56 Å². The fourth-order valence-corrected chi connectivity index (χ4v) is 8.62. The molecule has 0 amide bonds. The maximum Gasteiger partial charge on any atom is 0.370 e. The molecule has 1 unspecified atom stereocenters. The van der Waals surface area contributed by atoms with E-state index in [1.54, 1.807) is 14.2 Å². The summed E-state index contributed by atoms with van der Waals surface area (Å²) in [6.45, 7) is 8.60. The zero-order valence-corrected chi connectivity index (χ0v) is 20.2. The molecular weight excluding hydrogens is 380 g/mol. The minimum absolute atomic E-state index is 0.215. The van der Waals surface area contributed by atoms with Crippen molar-refractivity contribution in [2.75, 3.05) is 41.0 Å². The number of hydrogen-bond acceptors (Lipinski definition) is 5. The molecule has 1 heterocycles. The Kier molecular flexibility index (Phi) is 10.3. The highest BCUT2D eigenvalue weighted by Crippen LogP contribution is 2.42. The molecule has 0 radical (unpaired) electrons. The average Bonchev–Trinajstić information content (AvgIpc) is 2.76. The van der Waals surface area contributed by atoms with Crippen LogP contribution in [0.2, 0.25) is 6.04 Å². The normalized spacial score (nSPS) is 21.8. The van der Waals surface area contributed by atoms with Gasteiger partial charge in [-0.3, -0.25) is 4.90 Å². The Morgan fingerprint density at radius 1 is 1.07 bits per heavy atom. The fraction of sp³-hybridized carbons (Fsp3) is 0.739. The topological polar surface area (TPSA) is 43.0 Å². The van der Waals surface area contributed by atoms with Crippen molar-refractivity contribution >= 4 is 8.56 Å². The van der Waals surface area contributed by atoms with Gasteiger partial charge in [0.25, 0.3) is 0 Å². The number of nitrogens with zero attached hydrogens (tertiary/aromatic N) is 1. The smallest absolute Gasteiger partial charge is 0.370 e. The SMILES string of the molecule is COC1(CCCNCCN(Cc2ccccc2)C(C)C)CCCC[Si]1(OC)OC. The first-order valence-electron chi connectivity index (χ1n) is 11.2. The van der Waals surface area contributed by atoms with Crippen LogP contribution in [0.15, 0.2) is 30.3 Å². The van der Waals surface area contributed by atoms with Crippen molar-refractivity contribution in [1.29, 1.82) is 0 Å². The van der Waals surface area contributed by atoms with E-state index in [2.05, 4.69) is 54.4 Å². The molecule has 0 saturated carbocycles. The van der Waals surface area contributed by atoms with Gasteiger partial charge < -0.3 is 18.9 Å². The lowest BCUT2D eigenvalue weighted by atomic mass is 10.1. The first-order chi connectivity index (χ1) is 14.0. The molecule has 1 fully saturated rings. The van der Waals surface area contributed by atoms with Crippen molar-refractivity contribution in [2.45, 2.75) is 69.8 Å². The van der Waals surface area contributed by atoms with E-state index in [9.17, 15) is 0 Å². The molecule has 1 atom stereocenters. The lowest BCUT2D eigenvalue weighted by Gasteiger charge is -2.48. The van der Waals surface area contributed by atoms with Gasteiger partial charge in [-0.2, -0.15) is 0 Å². The Morgan fingerprint density at radius 3 is 2.41 bits per heavy atom. The highest BCUT2D eigenvalue weighted by molar-refractivity contribution is 6.70. The Hall–Kier alpha value is -0.763. The minimum atomic E-state index is -2.31. The second kappa shape index (κ2) is 12.2. The van der Waals surface area contributed by atoms with Gasteiger partial charge in [-0.15, -0.1) is 0 Å². The third-order valence-corrected chi connectivity index (χ3v) is 11.0. The molecule has 1 saturated heterocycles. The molecule has 0 aliphatic carbocycles. The number of hydrogen-bond donors (Lipinski definition) is 1. The summed E-state index contributed by atoms with van der Waals surface area (Å²) in [5.41, 5.74) is 1.38. The number of rotatable bonds is 13. The van der Waals surface area contributed by atoms with Gasteiger partial charge in [-0.1, -0.05) is 43.2 Å². The molecule has 0 spiro atoms. The van der Waals surface area contributed by atoms with Crippen LogP contribution in [0.25, 0.3) is 0 Å². The van der Waals surface area contributed by atoms with E-state index in [4.69, 9.17) is 13.6 Å². The van der Waals surface area contributed by atoms with Gasteiger partial charge in [-0.05, 0) is 51.3 Å². The lowest BCUT2D eigenvalue weighted by Crippen LogP contribution is -2.64. The van der Waals surface area contributed by atoms with E-state index in [-0.39, 0.29) is 5.22 Å². The molecule has 1 N–H and O–H groups in total. The molecule has 1 aliphatic rings. The zero-order valence-electron chi connectivity index (χ0n) is 19.2. The van der Waals surface area contributed by atoms with Crippen LogP contribution in [0.3, 0.4) is 0 Å². The van der Waals surface area contributed by atoms with E-state index in [0.717, 1.165) is 51.5 Å². The minimum Gasteiger partial charge on any atom is -0.396 e. The third kappa shape index (κ3) is 6.36. The van der Waals surface area contributed by atoms with Gasteiger partial charge in [0.2, 0.25) is 0 Å². The summed E-state index contributed by atoms with van der Waals surface area (Å²) in [7, 11) is 3.13. The first kappa shape index (κ1) is 24.5. The molecular formula is C23H42N2O3Si. The number of nitrogens with one attached hydrogen (secondary N) is 1. The Balaban J connectivity index is 1.77. The van der Waals surface area contributed by atoms with Crippen LogP contribution >= 0.6 is 0 Å². The Morgan fingerprint density at radius 2 is 1.79 bits per heavy atom. The van der Waals surface area contributed by atoms with Crippen molar-refractivity contribution in [3.63, 3.8) is 0 Å². The molecule has 6 heteroatoms. The lowest BCUT2D eigenvalue weighted by molar-refractivity contribution is -0.0156. The van der Waals surface area contributed by atoms with Gasteiger partial charge in [0.05, 0.1) is 0 Å². The molecule has 1 aromatic carbocycles. The molecule has 2 rings (SSSR count).